The minimum atomic E-state index is 0.615. The normalized spacial score (nSPS) is 11.2. The van der Waals surface area contributed by atoms with Gasteiger partial charge in [-0.1, -0.05) is 80.8 Å². The van der Waals surface area contributed by atoms with E-state index in [1.807, 2.05) is 41.9 Å². The molecule has 0 bridgehead atoms. The van der Waals surface area contributed by atoms with Gasteiger partial charge in [-0.15, -0.1) is 11.3 Å². The van der Waals surface area contributed by atoms with E-state index in [1.54, 1.807) is 11.3 Å². The Morgan fingerprint density at radius 2 is 1.86 bits per heavy atom. The molecular formula is C23H27N3OS. The number of benzene rings is 2. The van der Waals surface area contributed by atoms with E-state index in [0.717, 1.165) is 40.5 Å². The second kappa shape index (κ2) is 11.4. The van der Waals surface area contributed by atoms with Crippen LogP contribution in [0.25, 0.3) is 11.3 Å². The molecule has 1 N–H and O–H groups in total. The van der Waals surface area contributed by atoms with Gasteiger partial charge in [0.25, 0.3) is 0 Å². The van der Waals surface area contributed by atoms with E-state index < -0.39 is 0 Å². The molecule has 5 heteroatoms. The van der Waals surface area contributed by atoms with Gasteiger partial charge < -0.3 is 4.74 Å². The Morgan fingerprint density at radius 3 is 2.71 bits per heavy atom. The first-order valence-corrected chi connectivity index (χ1v) is 10.7. The molecule has 3 aromatic rings. The van der Waals surface area contributed by atoms with E-state index in [9.17, 15) is 0 Å². The van der Waals surface area contributed by atoms with Gasteiger partial charge in [0.05, 0.1) is 18.5 Å². The molecule has 3 rings (SSSR count). The maximum atomic E-state index is 5.83. The number of nitrogens with one attached hydrogen (secondary N) is 1. The molecule has 0 saturated heterocycles. The second-order valence-corrected chi connectivity index (χ2v) is 7.44. The Hall–Kier alpha value is -2.50. The smallest absolute Gasteiger partial charge is 0.203 e. The number of nitrogens with zero attached hydrogens (tertiary/aromatic N) is 2. The van der Waals surface area contributed by atoms with E-state index in [4.69, 9.17) is 4.74 Å². The van der Waals surface area contributed by atoms with Crippen molar-refractivity contribution in [3.05, 3.63) is 71.1 Å². The highest BCUT2D eigenvalue weighted by molar-refractivity contribution is 7.14. The van der Waals surface area contributed by atoms with Crippen LogP contribution in [0.1, 0.15) is 43.7 Å². The molecule has 0 unspecified atom stereocenters. The van der Waals surface area contributed by atoms with Gasteiger partial charge in [0.1, 0.15) is 0 Å². The standard InChI is InChI=1S/C23H27N3OS/c1-2-3-4-10-15-27-17-21-14-9-8-13-20(21)16-24-26-23-25-22(18-28-23)19-11-6-5-7-12-19/h5-9,11-14,16,18H,2-4,10,15,17H2,1H3,(H,25,26). The lowest BCUT2D eigenvalue weighted by atomic mass is 10.1. The third-order valence-corrected chi connectivity index (χ3v) is 5.14. The molecule has 0 atom stereocenters. The average molecular weight is 394 g/mol. The molecule has 146 valence electrons. The van der Waals surface area contributed by atoms with Crippen molar-refractivity contribution in [2.24, 2.45) is 5.10 Å². The highest BCUT2D eigenvalue weighted by Crippen LogP contribution is 2.24. The van der Waals surface area contributed by atoms with Crippen LogP contribution in [0.4, 0.5) is 5.13 Å². The largest absolute Gasteiger partial charge is 0.377 e. The maximum absolute atomic E-state index is 5.83. The van der Waals surface area contributed by atoms with E-state index in [-0.39, 0.29) is 0 Å². The summed E-state index contributed by atoms with van der Waals surface area (Å²) in [6.07, 6.45) is 6.72. The molecule has 28 heavy (non-hydrogen) atoms. The predicted octanol–water partition coefficient (Wildman–Crippen LogP) is 6.35. The average Bonchev–Trinajstić information content (AvgIpc) is 3.21. The molecule has 0 aliphatic carbocycles. The quantitative estimate of drug-likeness (QED) is 0.234. The van der Waals surface area contributed by atoms with Gasteiger partial charge in [-0.05, 0) is 12.0 Å². The number of unbranched alkanes of at least 4 members (excludes halogenated alkanes) is 3. The molecule has 2 aromatic carbocycles. The Labute approximate surface area is 171 Å². The Bertz CT molecular complexity index is 861. The van der Waals surface area contributed by atoms with Crippen LogP contribution >= 0.6 is 11.3 Å². The zero-order valence-corrected chi connectivity index (χ0v) is 17.1. The van der Waals surface area contributed by atoms with Crippen molar-refractivity contribution in [2.75, 3.05) is 12.0 Å². The number of hydrogen-bond acceptors (Lipinski definition) is 5. The zero-order chi connectivity index (χ0) is 19.4. The van der Waals surface area contributed by atoms with Crippen molar-refractivity contribution >= 4 is 22.7 Å². The van der Waals surface area contributed by atoms with Crippen molar-refractivity contribution in [3.63, 3.8) is 0 Å². The number of aromatic nitrogens is 1. The van der Waals surface area contributed by atoms with Gasteiger partial charge in [-0.25, -0.2) is 4.98 Å². The van der Waals surface area contributed by atoms with Crippen molar-refractivity contribution < 1.29 is 4.74 Å². The summed E-state index contributed by atoms with van der Waals surface area (Å²) in [5.41, 5.74) is 7.31. The van der Waals surface area contributed by atoms with Gasteiger partial charge in [0, 0.05) is 23.1 Å². The molecule has 0 aliphatic heterocycles. The summed E-state index contributed by atoms with van der Waals surface area (Å²) in [5.74, 6) is 0. The molecule has 4 nitrogen and oxygen atoms in total. The summed E-state index contributed by atoms with van der Waals surface area (Å²) in [6, 6.07) is 18.3. The zero-order valence-electron chi connectivity index (χ0n) is 16.3. The number of rotatable bonds is 11. The van der Waals surface area contributed by atoms with E-state index in [1.165, 1.54) is 19.3 Å². The van der Waals surface area contributed by atoms with Gasteiger partial charge in [0.2, 0.25) is 5.13 Å². The fourth-order valence-corrected chi connectivity index (χ4v) is 3.50. The Kier molecular flexibility index (Phi) is 8.22. The third-order valence-electron chi connectivity index (χ3n) is 4.39. The van der Waals surface area contributed by atoms with Crippen LogP contribution in [0.3, 0.4) is 0 Å². The fourth-order valence-electron chi connectivity index (χ4n) is 2.83. The lowest BCUT2D eigenvalue weighted by Gasteiger charge is -2.07. The van der Waals surface area contributed by atoms with Crippen LogP contribution < -0.4 is 5.43 Å². The first-order chi connectivity index (χ1) is 13.9. The molecule has 0 aliphatic rings. The molecule has 0 amide bonds. The number of hydrogen-bond donors (Lipinski definition) is 1. The first-order valence-electron chi connectivity index (χ1n) is 9.82. The van der Waals surface area contributed by atoms with E-state index in [0.29, 0.717) is 6.61 Å². The topological polar surface area (TPSA) is 46.5 Å². The van der Waals surface area contributed by atoms with Crippen LogP contribution in [0, 0.1) is 0 Å². The fraction of sp³-hybridized carbons (Fsp3) is 0.304. The SMILES string of the molecule is CCCCCCOCc1ccccc1C=NNc1nc(-c2ccccc2)cs1. The van der Waals surface area contributed by atoms with Crippen LogP contribution in [0.5, 0.6) is 0 Å². The molecule has 0 spiro atoms. The van der Waals surface area contributed by atoms with Gasteiger partial charge in [-0.2, -0.15) is 5.10 Å². The van der Waals surface area contributed by atoms with Crippen molar-refractivity contribution in [1.29, 1.82) is 0 Å². The number of anilines is 1. The van der Waals surface area contributed by atoms with Crippen LogP contribution in [0.15, 0.2) is 65.1 Å². The monoisotopic (exact) mass is 393 g/mol. The van der Waals surface area contributed by atoms with Crippen molar-refractivity contribution in [2.45, 2.75) is 39.2 Å². The maximum Gasteiger partial charge on any atom is 0.203 e. The second-order valence-electron chi connectivity index (χ2n) is 6.59. The minimum Gasteiger partial charge on any atom is -0.377 e. The van der Waals surface area contributed by atoms with Gasteiger partial charge in [-0.3, -0.25) is 5.43 Å². The van der Waals surface area contributed by atoms with Crippen LogP contribution in [-0.2, 0) is 11.3 Å². The lowest BCUT2D eigenvalue weighted by molar-refractivity contribution is 0.116. The molecule has 1 aromatic heterocycles. The highest BCUT2D eigenvalue weighted by Gasteiger charge is 2.03. The summed E-state index contributed by atoms with van der Waals surface area (Å²) >= 11 is 1.55. The lowest BCUT2D eigenvalue weighted by Crippen LogP contribution is -2.00. The van der Waals surface area contributed by atoms with Crippen molar-refractivity contribution in [1.82, 2.24) is 4.98 Å². The van der Waals surface area contributed by atoms with Gasteiger partial charge >= 0.3 is 0 Å². The van der Waals surface area contributed by atoms with Crippen molar-refractivity contribution in [3.8, 4) is 11.3 Å². The summed E-state index contributed by atoms with van der Waals surface area (Å²) in [5, 5.41) is 7.18. The summed E-state index contributed by atoms with van der Waals surface area (Å²) in [7, 11) is 0. The Balaban J connectivity index is 1.52. The molecule has 0 saturated carbocycles. The van der Waals surface area contributed by atoms with E-state index >= 15 is 0 Å². The molecular weight excluding hydrogens is 366 g/mol. The first kappa shape index (κ1) is 20.2. The predicted molar refractivity (Wildman–Crippen MR) is 119 cm³/mol. The highest BCUT2D eigenvalue weighted by atomic mass is 32.1. The number of hydrazone groups is 1. The number of thiazole rings is 1. The van der Waals surface area contributed by atoms with Crippen LogP contribution in [-0.4, -0.2) is 17.8 Å². The summed E-state index contributed by atoms with van der Waals surface area (Å²) in [6.45, 7) is 3.65. The van der Waals surface area contributed by atoms with E-state index in [2.05, 4.69) is 46.7 Å². The summed E-state index contributed by atoms with van der Waals surface area (Å²) < 4.78 is 5.83. The third kappa shape index (κ3) is 6.29. The van der Waals surface area contributed by atoms with Gasteiger partial charge in [0.15, 0.2) is 0 Å². The Morgan fingerprint density at radius 1 is 1.04 bits per heavy atom. The minimum absolute atomic E-state index is 0.615. The summed E-state index contributed by atoms with van der Waals surface area (Å²) in [4.78, 5) is 4.59. The van der Waals surface area contributed by atoms with Crippen LogP contribution in [0.2, 0.25) is 0 Å². The number of ether oxygens (including phenoxy) is 1. The molecule has 0 radical (unpaired) electrons. The molecule has 1 heterocycles. The molecule has 0 fully saturated rings.